The number of nitrogens with zero attached hydrogens (tertiary/aromatic N) is 3. The van der Waals surface area contributed by atoms with Crippen LogP contribution < -0.4 is 15.6 Å². The first-order chi connectivity index (χ1) is 13.6. The van der Waals surface area contributed by atoms with Crippen LogP contribution in [0, 0.1) is 0 Å². The fourth-order valence-electron chi connectivity index (χ4n) is 2.85. The van der Waals surface area contributed by atoms with Gasteiger partial charge in [0.2, 0.25) is 0 Å². The first-order valence-electron chi connectivity index (χ1n) is 9.11. The largest absolute Gasteiger partial charge is 0.497 e. The maximum atomic E-state index is 12.2. The Kier molecular flexibility index (Phi) is 4.92. The molecule has 144 valence electrons. The van der Waals surface area contributed by atoms with Crippen LogP contribution >= 0.6 is 0 Å². The molecule has 0 bridgehead atoms. The molecule has 28 heavy (non-hydrogen) atoms. The molecule has 8 nitrogen and oxygen atoms in total. The highest BCUT2D eigenvalue weighted by Crippen LogP contribution is 2.40. The van der Waals surface area contributed by atoms with Crippen molar-refractivity contribution in [1.29, 1.82) is 0 Å². The number of nitrogens with one attached hydrogen (secondary N) is 1. The number of rotatable bonds is 7. The number of benzene rings is 1. The molecule has 3 aromatic rings. The Labute approximate surface area is 161 Å². The third-order valence-electron chi connectivity index (χ3n) is 4.60. The van der Waals surface area contributed by atoms with Gasteiger partial charge in [0.15, 0.2) is 5.69 Å². The third kappa shape index (κ3) is 3.95. The highest BCUT2D eigenvalue weighted by atomic mass is 16.5. The Morgan fingerprint density at radius 1 is 1.25 bits per heavy atom. The Hall–Kier alpha value is -3.42. The zero-order valence-corrected chi connectivity index (χ0v) is 15.4. The zero-order valence-electron chi connectivity index (χ0n) is 15.4. The number of hydrogen-bond donors (Lipinski definition) is 1. The smallest absolute Gasteiger partial charge is 0.273 e. The molecule has 1 saturated carbocycles. The molecule has 1 aliphatic rings. The SMILES string of the molecule is COc1ccc(-c2ccc(=O)n(CCNC(=O)c3cc(C4CC4)on3)n2)cc1. The van der Waals surface area contributed by atoms with Crippen LogP contribution in [0.4, 0.5) is 0 Å². The van der Waals surface area contributed by atoms with Gasteiger partial charge in [-0.3, -0.25) is 9.59 Å². The normalized spacial score (nSPS) is 13.3. The van der Waals surface area contributed by atoms with Gasteiger partial charge < -0.3 is 14.6 Å². The van der Waals surface area contributed by atoms with E-state index in [1.165, 1.54) is 10.7 Å². The van der Waals surface area contributed by atoms with Gasteiger partial charge in [0.1, 0.15) is 11.5 Å². The van der Waals surface area contributed by atoms with Gasteiger partial charge in [0, 0.05) is 30.2 Å². The summed E-state index contributed by atoms with van der Waals surface area (Å²) in [7, 11) is 1.60. The van der Waals surface area contributed by atoms with Gasteiger partial charge in [0.25, 0.3) is 11.5 Å². The standard InChI is InChI=1S/C20H20N4O4/c1-27-15-6-4-13(5-7-15)16-8-9-19(25)24(22-16)11-10-21-20(26)17-12-18(28-23-17)14-2-3-14/h4-9,12,14H,2-3,10-11H2,1H3,(H,21,26). The highest BCUT2D eigenvalue weighted by molar-refractivity contribution is 5.92. The lowest BCUT2D eigenvalue weighted by Gasteiger charge is -2.08. The number of hydrogen-bond acceptors (Lipinski definition) is 6. The Bertz CT molecular complexity index is 1030. The van der Waals surface area contributed by atoms with Crippen LogP contribution in [0.2, 0.25) is 0 Å². The molecule has 0 spiro atoms. The molecule has 2 heterocycles. The predicted molar refractivity (Wildman–Crippen MR) is 101 cm³/mol. The van der Waals surface area contributed by atoms with E-state index in [-0.39, 0.29) is 30.2 Å². The molecule has 1 fully saturated rings. The van der Waals surface area contributed by atoms with E-state index in [4.69, 9.17) is 9.26 Å². The van der Waals surface area contributed by atoms with E-state index in [0.29, 0.717) is 11.6 Å². The summed E-state index contributed by atoms with van der Waals surface area (Å²) in [5.74, 6) is 1.58. The van der Waals surface area contributed by atoms with Crippen molar-refractivity contribution >= 4 is 5.91 Å². The van der Waals surface area contributed by atoms with Crippen molar-refractivity contribution in [2.75, 3.05) is 13.7 Å². The topological polar surface area (TPSA) is 99.2 Å². The van der Waals surface area contributed by atoms with Gasteiger partial charge in [-0.25, -0.2) is 4.68 Å². The van der Waals surface area contributed by atoms with E-state index in [9.17, 15) is 9.59 Å². The molecule has 0 atom stereocenters. The van der Waals surface area contributed by atoms with Gasteiger partial charge in [-0.1, -0.05) is 5.16 Å². The van der Waals surface area contributed by atoms with Crippen LogP contribution in [0.25, 0.3) is 11.3 Å². The van der Waals surface area contributed by atoms with E-state index in [1.807, 2.05) is 24.3 Å². The van der Waals surface area contributed by atoms with Crippen LogP contribution in [-0.4, -0.2) is 34.5 Å². The Balaban J connectivity index is 1.39. The van der Waals surface area contributed by atoms with Gasteiger partial charge in [-0.15, -0.1) is 0 Å². The summed E-state index contributed by atoms with van der Waals surface area (Å²) < 4.78 is 11.7. The molecule has 1 N–H and O–H groups in total. The summed E-state index contributed by atoms with van der Waals surface area (Å²) in [6.45, 7) is 0.505. The fraction of sp³-hybridized carbons (Fsp3) is 0.300. The molecular formula is C20H20N4O4. The van der Waals surface area contributed by atoms with Crippen molar-refractivity contribution in [2.45, 2.75) is 25.3 Å². The van der Waals surface area contributed by atoms with Gasteiger partial charge in [-0.05, 0) is 43.2 Å². The van der Waals surface area contributed by atoms with Crippen LogP contribution in [0.5, 0.6) is 5.75 Å². The van der Waals surface area contributed by atoms with Crippen LogP contribution in [0.15, 0.2) is 51.8 Å². The number of amides is 1. The van der Waals surface area contributed by atoms with E-state index >= 15 is 0 Å². The maximum Gasteiger partial charge on any atom is 0.273 e. The molecule has 0 radical (unpaired) electrons. The van der Waals surface area contributed by atoms with Crippen molar-refractivity contribution in [1.82, 2.24) is 20.3 Å². The van der Waals surface area contributed by atoms with E-state index in [2.05, 4.69) is 15.6 Å². The van der Waals surface area contributed by atoms with Gasteiger partial charge >= 0.3 is 0 Å². The van der Waals surface area contributed by atoms with Crippen molar-refractivity contribution in [2.24, 2.45) is 0 Å². The molecule has 1 aromatic carbocycles. The number of carbonyl (C=O) groups excluding carboxylic acids is 1. The number of methoxy groups -OCH3 is 1. The average molecular weight is 380 g/mol. The second-order valence-corrected chi connectivity index (χ2v) is 6.65. The summed E-state index contributed by atoms with van der Waals surface area (Å²) in [5.41, 5.74) is 1.56. The third-order valence-corrected chi connectivity index (χ3v) is 4.60. The fourth-order valence-corrected chi connectivity index (χ4v) is 2.85. The lowest BCUT2D eigenvalue weighted by molar-refractivity contribution is 0.0942. The summed E-state index contributed by atoms with van der Waals surface area (Å²) >= 11 is 0. The van der Waals surface area contributed by atoms with Crippen molar-refractivity contribution in [3.63, 3.8) is 0 Å². The lowest BCUT2D eigenvalue weighted by atomic mass is 10.1. The van der Waals surface area contributed by atoms with E-state index in [1.54, 1.807) is 19.2 Å². The maximum absolute atomic E-state index is 12.2. The van der Waals surface area contributed by atoms with Crippen molar-refractivity contribution < 1.29 is 14.1 Å². The molecule has 2 aromatic heterocycles. The molecule has 4 rings (SSSR count). The number of aromatic nitrogens is 3. The second-order valence-electron chi connectivity index (χ2n) is 6.65. The number of carbonyl (C=O) groups is 1. The predicted octanol–water partition coefficient (Wildman–Crippen LogP) is 2.21. The molecule has 0 unspecified atom stereocenters. The summed E-state index contributed by atoms with van der Waals surface area (Å²) in [6.07, 6.45) is 2.16. The Morgan fingerprint density at radius 2 is 2.04 bits per heavy atom. The van der Waals surface area contributed by atoms with Crippen LogP contribution in [0.3, 0.4) is 0 Å². The summed E-state index contributed by atoms with van der Waals surface area (Å²) in [4.78, 5) is 24.2. The minimum absolute atomic E-state index is 0.232. The van der Waals surface area contributed by atoms with E-state index < -0.39 is 0 Å². The van der Waals surface area contributed by atoms with Crippen molar-refractivity contribution in [3.8, 4) is 17.0 Å². The van der Waals surface area contributed by atoms with Gasteiger partial charge in [0.05, 0.1) is 19.3 Å². The quantitative estimate of drug-likeness (QED) is 0.675. The van der Waals surface area contributed by atoms with Crippen molar-refractivity contribution in [3.05, 3.63) is 64.3 Å². The molecule has 1 aliphatic carbocycles. The van der Waals surface area contributed by atoms with Crippen LogP contribution in [0.1, 0.15) is 35.0 Å². The van der Waals surface area contributed by atoms with E-state index in [0.717, 1.165) is 29.9 Å². The molecule has 1 amide bonds. The lowest BCUT2D eigenvalue weighted by Crippen LogP contribution is -2.32. The minimum Gasteiger partial charge on any atom is -0.497 e. The highest BCUT2D eigenvalue weighted by Gasteiger charge is 2.28. The Morgan fingerprint density at radius 3 is 2.75 bits per heavy atom. The summed E-state index contributed by atoms with van der Waals surface area (Å²) in [5, 5.41) is 10.9. The second kappa shape index (κ2) is 7.67. The number of ether oxygens (including phenoxy) is 1. The monoisotopic (exact) mass is 380 g/mol. The molecule has 0 aliphatic heterocycles. The first kappa shape index (κ1) is 18.0. The van der Waals surface area contributed by atoms with Gasteiger partial charge in [-0.2, -0.15) is 5.10 Å². The first-order valence-corrected chi connectivity index (χ1v) is 9.11. The minimum atomic E-state index is -0.324. The molecule has 8 heteroatoms. The van der Waals surface area contributed by atoms with Crippen LogP contribution in [-0.2, 0) is 6.54 Å². The molecular weight excluding hydrogens is 360 g/mol. The average Bonchev–Trinajstić information content (AvgIpc) is 3.46. The summed E-state index contributed by atoms with van der Waals surface area (Å²) in [6, 6.07) is 12.2. The zero-order chi connectivity index (χ0) is 19.5. The molecule has 0 saturated heterocycles.